The molecule has 2 aromatic rings. The van der Waals surface area contributed by atoms with Crippen LogP contribution in [0.1, 0.15) is 11.1 Å². The van der Waals surface area contributed by atoms with Crippen LogP contribution in [0, 0.1) is 6.92 Å². The number of carbonyl (C=O) groups excluding carboxylic acids is 1. The van der Waals surface area contributed by atoms with Crippen LogP contribution < -0.4 is 5.32 Å². The SMILES string of the molecule is Cc1c(Cl)cccc1NC(=O)CN(Cc1ccc(Cl)cc1)S(C)(=O)=O. The Bertz CT molecular complexity index is 868. The van der Waals surface area contributed by atoms with E-state index in [2.05, 4.69) is 5.32 Å². The molecule has 0 atom stereocenters. The van der Waals surface area contributed by atoms with Crippen LogP contribution >= 0.6 is 23.2 Å². The molecule has 0 aromatic heterocycles. The summed E-state index contributed by atoms with van der Waals surface area (Å²) in [5, 5.41) is 3.78. The molecule has 0 aliphatic carbocycles. The van der Waals surface area contributed by atoms with Crippen molar-refractivity contribution in [2.75, 3.05) is 18.1 Å². The lowest BCUT2D eigenvalue weighted by molar-refractivity contribution is -0.116. The van der Waals surface area contributed by atoms with Crippen molar-refractivity contribution >= 4 is 44.8 Å². The van der Waals surface area contributed by atoms with Gasteiger partial charge in [0.1, 0.15) is 0 Å². The first kappa shape index (κ1) is 19.7. The van der Waals surface area contributed by atoms with Crippen molar-refractivity contribution in [3.8, 4) is 0 Å². The highest BCUT2D eigenvalue weighted by Gasteiger charge is 2.21. The number of amides is 1. The van der Waals surface area contributed by atoms with E-state index in [1.807, 2.05) is 0 Å². The average Bonchev–Trinajstić information content (AvgIpc) is 2.52. The summed E-state index contributed by atoms with van der Waals surface area (Å²) in [4.78, 5) is 12.3. The van der Waals surface area contributed by atoms with Crippen molar-refractivity contribution < 1.29 is 13.2 Å². The standard InChI is InChI=1S/C17H18Cl2N2O3S/c1-12-15(19)4-3-5-16(12)20-17(22)11-21(25(2,23)24)10-13-6-8-14(18)9-7-13/h3-9H,10-11H2,1-2H3,(H,20,22). The van der Waals surface area contributed by atoms with Gasteiger partial charge in [-0.05, 0) is 42.3 Å². The summed E-state index contributed by atoms with van der Waals surface area (Å²) in [6, 6.07) is 11.9. The smallest absolute Gasteiger partial charge is 0.239 e. The van der Waals surface area contributed by atoms with Crippen LogP contribution in [-0.4, -0.2) is 31.4 Å². The molecule has 1 N–H and O–H groups in total. The molecular formula is C17H18Cl2N2O3S. The molecule has 2 rings (SSSR count). The van der Waals surface area contributed by atoms with Crippen molar-refractivity contribution in [2.24, 2.45) is 0 Å². The molecule has 0 saturated heterocycles. The second-order valence-corrected chi connectivity index (χ2v) is 8.44. The van der Waals surface area contributed by atoms with Crippen molar-refractivity contribution in [3.63, 3.8) is 0 Å². The number of benzene rings is 2. The van der Waals surface area contributed by atoms with Crippen LogP contribution in [0.15, 0.2) is 42.5 Å². The minimum Gasteiger partial charge on any atom is -0.325 e. The van der Waals surface area contributed by atoms with E-state index in [1.54, 1.807) is 49.4 Å². The van der Waals surface area contributed by atoms with Crippen LogP contribution in [0.25, 0.3) is 0 Å². The molecule has 1 amide bonds. The Labute approximate surface area is 157 Å². The van der Waals surface area contributed by atoms with Gasteiger partial charge in [0, 0.05) is 22.3 Å². The van der Waals surface area contributed by atoms with Gasteiger partial charge in [-0.2, -0.15) is 4.31 Å². The van der Waals surface area contributed by atoms with E-state index in [0.29, 0.717) is 15.7 Å². The second kappa shape index (κ2) is 8.19. The predicted molar refractivity (Wildman–Crippen MR) is 102 cm³/mol. The molecule has 0 saturated carbocycles. The summed E-state index contributed by atoms with van der Waals surface area (Å²) in [5.74, 6) is -0.440. The lowest BCUT2D eigenvalue weighted by Gasteiger charge is -2.20. The topological polar surface area (TPSA) is 66.5 Å². The fourth-order valence-corrected chi connectivity index (χ4v) is 3.21. The summed E-state index contributed by atoms with van der Waals surface area (Å²) < 4.78 is 25.1. The van der Waals surface area contributed by atoms with Gasteiger partial charge in [-0.15, -0.1) is 0 Å². The number of nitrogens with one attached hydrogen (secondary N) is 1. The summed E-state index contributed by atoms with van der Waals surface area (Å²) in [6.07, 6.45) is 1.07. The molecule has 8 heteroatoms. The van der Waals surface area contributed by atoms with Gasteiger partial charge in [-0.3, -0.25) is 4.79 Å². The fourth-order valence-electron chi connectivity index (χ4n) is 2.18. The highest BCUT2D eigenvalue weighted by atomic mass is 35.5. The van der Waals surface area contributed by atoms with E-state index < -0.39 is 15.9 Å². The zero-order chi connectivity index (χ0) is 18.6. The third kappa shape index (κ3) is 5.71. The van der Waals surface area contributed by atoms with Crippen molar-refractivity contribution in [3.05, 3.63) is 63.6 Å². The second-order valence-electron chi connectivity index (χ2n) is 5.62. The largest absolute Gasteiger partial charge is 0.325 e. The average molecular weight is 401 g/mol. The minimum atomic E-state index is -3.57. The highest BCUT2D eigenvalue weighted by Crippen LogP contribution is 2.23. The Balaban J connectivity index is 2.12. The molecule has 25 heavy (non-hydrogen) atoms. The van der Waals surface area contributed by atoms with Gasteiger partial charge in [0.05, 0.1) is 12.8 Å². The Morgan fingerprint density at radius 3 is 2.36 bits per heavy atom. The molecule has 2 aromatic carbocycles. The third-order valence-electron chi connectivity index (χ3n) is 3.60. The van der Waals surface area contributed by atoms with Crippen LogP contribution in [0.2, 0.25) is 10.0 Å². The van der Waals surface area contributed by atoms with E-state index in [4.69, 9.17) is 23.2 Å². The maximum atomic E-state index is 12.3. The maximum absolute atomic E-state index is 12.3. The Kier molecular flexibility index (Phi) is 6.46. The molecule has 0 radical (unpaired) electrons. The lowest BCUT2D eigenvalue weighted by Crippen LogP contribution is -2.37. The van der Waals surface area contributed by atoms with Crippen molar-refractivity contribution in [1.82, 2.24) is 4.31 Å². The zero-order valence-corrected chi connectivity index (χ0v) is 16.1. The van der Waals surface area contributed by atoms with E-state index in [1.165, 1.54) is 0 Å². The lowest BCUT2D eigenvalue weighted by atomic mass is 10.2. The van der Waals surface area contributed by atoms with Crippen LogP contribution in [0.4, 0.5) is 5.69 Å². The number of hydrogen-bond acceptors (Lipinski definition) is 3. The molecule has 0 bridgehead atoms. The summed E-state index contributed by atoms with van der Waals surface area (Å²) >= 11 is 11.9. The van der Waals surface area contributed by atoms with Gasteiger partial charge in [-0.25, -0.2) is 8.42 Å². The van der Waals surface area contributed by atoms with E-state index in [9.17, 15) is 13.2 Å². The van der Waals surface area contributed by atoms with Gasteiger partial charge in [0.25, 0.3) is 0 Å². The van der Waals surface area contributed by atoms with E-state index >= 15 is 0 Å². The van der Waals surface area contributed by atoms with Gasteiger partial charge >= 0.3 is 0 Å². The Morgan fingerprint density at radius 1 is 1.12 bits per heavy atom. The Hall–Kier alpha value is -1.60. The Morgan fingerprint density at radius 2 is 1.76 bits per heavy atom. The number of carbonyl (C=O) groups is 1. The summed E-state index contributed by atoms with van der Waals surface area (Å²) in [6.45, 7) is 1.56. The van der Waals surface area contributed by atoms with Gasteiger partial charge in [-0.1, -0.05) is 41.4 Å². The number of nitrogens with zero attached hydrogens (tertiary/aromatic N) is 1. The summed E-state index contributed by atoms with van der Waals surface area (Å²) in [7, 11) is -3.57. The quantitative estimate of drug-likeness (QED) is 0.803. The number of anilines is 1. The molecule has 5 nitrogen and oxygen atoms in total. The first-order valence-electron chi connectivity index (χ1n) is 7.41. The van der Waals surface area contributed by atoms with Gasteiger partial charge in [0.15, 0.2) is 0 Å². The third-order valence-corrected chi connectivity index (χ3v) is 5.46. The van der Waals surface area contributed by atoms with Crippen LogP contribution in [-0.2, 0) is 21.4 Å². The molecule has 0 aliphatic rings. The van der Waals surface area contributed by atoms with E-state index in [0.717, 1.165) is 21.7 Å². The van der Waals surface area contributed by atoms with Crippen LogP contribution in [0.5, 0.6) is 0 Å². The fraction of sp³-hybridized carbons (Fsp3) is 0.235. The normalized spacial score (nSPS) is 11.6. The van der Waals surface area contributed by atoms with Gasteiger partial charge < -0.3 is 5.32 Å². The first-order chi connectivity index (χ1) is 11.7. The summed E-state index contributed by atoms with van der Waals surface area (Å²) in [5.41, 5.74) is 2.01. The van der Waals surface area contributed by atoms with Crippen molar-refractivity contribution in [2.45, 2.75) is 13.5 Å². The first-order valence-corrected chi connectivity index (χ1v) is 10.0. The number of rotatable bonds is 6. The monoisotopic (exact) mass is 400 g/mol. The zero-order valence-electron chi connectivity index (χ0n) is 13.8. The molecule has 0 fully saturated rings. The minimum absolute atomic E-state index is 0.0813. The number of hydrogen-bond donors (Lipinski definition) is 1. The molecule has 0 aliphatic heterocycles. The van der Waals surface area contributed by atoms with Crippen LogP contribution in [0.3, 0.4) is 0 Å². The molecular weight excluding hydrogens is 383 g/mol. The molecule has 134 valence electrons. The molecule has 0 spiro atoms. The maximum Gasteiger partial charge on any atom is 0.239 e. The predicted octanol–water partition coefficient (Wildman–Crippen LogP) is 3.70. The number of halogens is 2. The molecule has 0 unspecified atom stereocenters. The van der Waals surface area contributed by atoms with E-state index in [-0.39, 0.29) is 13.1 Å². The molecule has 0 heterocycles. The van der Waals surface area contributed by atoms with Crippen molar-refractivity contribution in [1.29, 1.82) is 0 Å². The van der Waals surface area contributed by atoms with Gasteiger partial charge in [0.2, 0.25) is 15.9 Å². The number of sulfonamides is 1. The highest BCUT2D eigenvalue weighted by molar-refractivity contribution is 7.88.